The Labute approximate surface area is 240 Å². The molecule has 0 aliphatic carbocycles. The molecule has 3 rings (SSSR count). The lowest BCUT2D eigenvalue weighted by atomic mass is 10.1. The fourth-order valence-electron chi connectivity index (χ4n) is 3.54. The van der Waals surface area contributed by atoms with Crippen LogP contribution < -0.4 is 16.4 Å². The monoisotopic (exact) mass is 573 g/mol. The van der Waals surface area contributed by atoms with E-state index in [0.717, 1.165) is 16.7 Å². The topological polar surface area (TPSA) is 111 Å². The Hall–Kier alpha value is -2.91. The molecule has 1 atom stereocenters. The van der Waals surface area contributed by atoms with Gasteiger partial charge in [0.1, 0.15) is 11.6 Å². The van der Waals surface area contributed by atoms with E-state index in [0.29, 0.717) is 34.6 Å². The zero-order chi connectivity index (χ0) is 28.8. The van der Waals surface area contributed by atoms with E-state index in [9.17, 15) is 4.79 Å². The minimum absolute atomic E-state index is 0.187. The number of nitrogens with zero attached hydrogens (tertiary/aromatic N) is 2. The van der Waals surface area contributed by atoms with Crippen LogP contribution in [0.3, 0.4) is 0 Å². The van der Waals surface area contributed by atoms with Crippen LogP contribution in [0.25, 0.3) is 11.3 Å². The third-order valence-electron chi connectivity index (χ3n) is 5.44. The summed E-state index contributed by atoms with van der Waals surface area (Å²) < 4.78 is 11.5. The molecule has 0 radical (unpaired) electrons. The number of rotatable bonds is 10. The van der Waals surface area contributed by atoms with Crippen molar-refractivity contribution in [2.24, 2.45) is 0 Å². The van der Waals surface area contributed by atoms with Gasteiger partial charge in [-0.05, 0) is 65.3 Å². The largest absolute Gasteiger partial charge is 0.459 e. The number of carbonyl (C=O) groups is 1. The Morgan fingerprint density at radius 3 is 2.31 bits per heavy atom. The molecular formula is C29H37Cl2N5O3. The van der Waals surface area contributed by atoms with Crippen molar-refractivity contribution in [3.63, 3.8) is 0 Å². The normalized spacial score (nSPS) is 12.7. The van der Waals surface area contributed by atoms with Gasteiger partial charge in [0.05, 0.1) is 24.1 Å². The molecule has 8 nitrogen and oxygen atoms in total. The highest BCUT2D eigenvalue weighted by Gasteiger charge is 2.27. The summed E-state index contributed by atoms with van der Waals surface area (Å²) in [7, 11) is 0. The molecule has 0 saturated carbocycles. The summed E-state index contributed by atoms with van der Waals surface area (Å²) in [6.45, 7) is 12.3. The van der Waals surface area contributed by atoms with Gasteiger partial charge >= 0.3 is 5.97 Å². The van der Waals surface area contributed by atoms with Gasteiger partial charge in [-0.25, -0.2) is 9.97 Å². The SMILES string of the molecule is CC(C)(C)OC[C@H](NCc1cccc(-c2cnc(N)c(NCc3c(Cl)cccc3Cl)n2)c1)C(=O)OC(C)(C)C. The van der Waals surface area contributed by atoms with E-state index >= 15 is 0 Å². The Morgan fingerprint density at radius 1 is 1.00 bits per heavy atom. The first kappa shape index (κ1) is 30.6. The molecule has 2 aromatic carbocycles. The van der Waals surface area contributed by atoms with Crippen LogP contribution in [0.2, 0.25) is 10.0 Å². The van der Waals surface area contributed by atoms with Crippen LogP contribution in [-0.4, -0.2) is 39.8 Å². The molecule has 4 N–H and O–H groups in total. The predicted octanol–water partition coefficient (Wildman–Crippen LogP) is 6.26. The molecule has 0 bridgehead atoms. The lowest BCUT2D eigenvalue weighted by Crippen LogP contribution is -2.45. The first-order valence-electron chi connectivity index (χ1n) is 12.7. The van der Waals surface area contributed by atoms with E-state index in [1.54, 1.807) is 24.4 Å². The van der Waals surface area contributed by atoms with Crippen LogP contribution in [0.1, 0.15) is 52.7 Å². The molecule has 210 valence electrons. The van der Waals surface area contributed by atoms with Gasteiger partial charge in [-0.15, -0.1) is 0 Å². The number of halogens is 2. The summed E-state index contributed by atoms with van der Waals surface area (Å²) in [5, 5.41) is 7.58. The molecule has 10 heteroatoms. The Kier molecular flexibility index (Phi) is 10.2. The van der Waals surface area contributed by atoms with Gasteiger partial charge < -0.3 is 20.5 Å². The lowest BCUT2D eigenvalue weighted by molar-refractivity contribution is -0.160. The number of carbonyl (C=O) groups excluding carboxylic acids is 1. The summed E-state index contributed by atoms with van der Waals surface area (Å²) in [6, 6.07) is 12.5. The highest BCUT2D eigenvalue weighted by Crippen LogP contribution is 2.27. The second kappa shape index (κ2) is 13.0. The van der Waals surface area contributed by atoms with Crippen molar-refractivity contribution in [1.82, 2.24) is 15.3 Å². The molecule has 39 heavy (non-hydrogen) atoms. The fraction of sp³-hybridized carbons (Fsp3) is 0.414. The number of nitrogen functional groups attached to an aromatic ring is 1. The van der Waals surface area contributed by atoms with Crippen molar-refractivity contribution in [3.8, 4) is 11.3 Å². The highest BCUT2D eigenvalue weighted by molar-refractivity contribution is 6.36. The van der Waals surface area contributed by atoms with E-state index in [1.807, 2.05) is 65.8 Å². The molecule has 0 fully saturated rings. The number of nitrogens with one attached hydrogen (secondary N) is 2. The average molecular weight is 575 g/mol. The minimum Gasteiger partial charge on any atom is -0.459 e. The number of benzene rings is 2. The van der Waals surface area contributed by atoms with Crippen LogP contribution in [0.15, 0.2) is 48.7 Å². The van der Waals surface area contributed by atoms with Gasteiger partial charge in [-0.3, -0.25) is 10.1 Å². The van der Waals surface area contributed by atoms with E-state index in [-0.39, 0.29) is 18.4 Å². The third-order valence-corrected chi connectivity index (χ3v) is 6.15. The summed E-state index contributed by atoms with van der Waals surface area (Å²) >= 11 is 12.6. The van der Waals surface area contributed by atoms with Gasteiger partial charge in [0.2, 0.25) is 0 Å². The third kappa shape index (κ3) is 9.65. The minimum atomic E-state index is -0.629. The van der Waals surface area contributed by atoms with Crippen LogP contribution in [0.5, 0.6) is 0 Å². The van der Waals surface area contributed by atoms with Crippen LogP contribution in [0, 0.1) is 0 Å². The van der Waals surface area contributed by atoms with E-state index in [1.165, 1.54) is 0 Å². The van der Waals surface area contributed by atoms with Gasteiger partial charge in [0.15, 0.2) is 11.6 Å². The Bertz CT molecular complexity index is 1270. The van der Waals surface area contributed by atoms with Crippen molar-refractivity contribution in [2.75, 3.05) is 17.7 Å². The average Bonchev–Trinajstić information content (AvgIpc) is 2.83. The maximum absolute atomic E-state index is 12.8. The molecule has 0 unspecified atom stereocenters. The summed E-state index contributed by atoms with van der Waals surface area (Å²) in [5.74, 6) is 0.330. The Balaban J connectivity index is 1.74. The van der Waals surface area contributed by atoms with Crippen LogP contribution in [-0.2, 0) is 27.4 Å². The van der Waals surface area contributed by atoms with E-state index in [2.05, 4.69) is 20.6 Å². The number of ether oxygens (including phenoxy) is 2. The van der Waals surface area contributed by atoms with E-state index in [4.69, 9.17) is 38.4 Å². The zero-order valence-electron chi connectivity index (χ0n) is 23.3. The Morgan fingerprint density at radius 2 is 1.67 bits per heavy atom. The standard InChI is InChI=1S/C29H37Cl2N5O3/c1-28(2,3)38-17-24(27(37)39-29(4,5)6)33-14-18-9-7-10-19(13-18)23-16-34-25(32)26(36-23)35-15-20-21(30)11-8-12-22(20)31/h7-13,16,24,33H,14-15,17H2,1-6H3,(H2,32,34)(H,35,36)/t24-/m0/s1. The maximum Gasteiger partial charge on any atom is 0.326 e. The molecule has 1 heterocycles. The summed E-state index contributed by atoms with van der Waals surface area (Å²) in [6.07, 6.45) is 1.62. The molecule has 3 aromatic rings. The molecule has 1 aromatic heterocycles. The van der Waals surface area contributed by atoms with Crippen molar-refractivity contribution >= 4 is 40.8 Å². The number of nitrogens with two attached hydrogens (primary N) is 1. The first-order valence-corrected chi connectivity index (χ1v) is 13.5. The summed E-state index contributed by atoms with van der Waals surface area (Å²) in [5.41, 5.74) is 8.27. The number of anilines is 2. The second-order valence-corrected chi connectivity index (χ2v) is 11.9. The van der Waals surface area contributed by atoms with Gasteiger partial charge in [-0.1, -0.05) is 47.5 Å². The van der Waals surface area contributed by atoms with Crippen molar-refractivity contribution in [3.05, 3.63) is 69.8 Å². The smallest absolute Gasteiger partial charge is 0.326 e. The highest BCUT2D eigenvalue weighted by atomic mass is 35.5. The molecule has 0 spiro atoms. The van der Waals surface area contributed by atoms with Crippen molar-refractivity contribution in [2.45, 2.75) is 71.9 Å². The lowest BCUT2D eigenvalue weighted by Gasteiger charge is -2.27. The van der Waals surface area contributed by atoms with Gasteiger partial charge in [-0.2, -0.15) is 0 Å². The van der Waals surface area contributed by atoms with Gasteiger partial charge in [0.25, 0.3) is 0 Å². The van der Waals surface area contributed by atoms with Crippen LogP contribution >= 0.6 is 23.2 Å². The molecule has 0 aliphatic heterocycles. The molecule has 0 amide bonds. The van der Waals surface area contributed by atoms with Crippen molar-refractivity contribution < 1.29 is 14.3 Å². The number of hydrogen-bond acceptors (Lipinski definition) is 8. The quantitative estimate of drug-likeness (QED) is 0.244. The maximum atomic E-state index is 12.8. The van der Waals surface area contributed by atoms with Crippen molar-refractivity contribution in [1.29, 1.82) is 0 Å². The number of aromatic nitrogens is 2. The van der Waals surface area contributed by atoms with E-state index < -0.39 is 17.2 Å². The fourth-order valence-corrected chi connectivity index (χ4v) is 4.07. The predicted molar refractivity (Wildman–Crippen MR) is 158 cm³/mol. The molecular weight excluding hydrogens is 537 g/mol. The van der Waals surface area contributed by atoms with Crippen LogP contribution in [0.4, 0.5) is 11.6 Å². The first-order chi connectivity index (χ1) is 18.2. The second-order valence-electron chi connectivity index (χ2n) is 11.1. The number of esters is 1. The number of hydrogen-bond donors (Lipinski definition) is 3. The molecule has 0 saturated heterocycles. The zero-order valence-corrected chi connectivity index (χ0v) is 24.8. The van der Waals surface area contributed by atoms with Gasteiger partial charge in [0, 0.05) is 34.3 Å². The molecule has 0 aliphatic rings. The summed E-state index contributed by atoms with van der Waals surface area (Å²) in [4.78, 5) is 21.8.